The van der Waals surface area contributed by atoms with E-state index in [1.165, 1.54) is 28.9 Å². The highest BCUT2D eigenvalue weighted by Crippen LogP contribution is 2.17. The monoisotopic (exact) mass is 425 g/mol. The van der Waals surface area contributed by atoms with Gasteiger partial charge in [-0.1, -0.05) is 48.2 Å². The smallest absolute Gasteiger partial charge is 0.264 e. The van der Waals surface area contributed by atoms with E-state index in [-0.39, 0.29) is 23.4 Å². The molecule has 0 saturated heterocycles. The number of nitrogens with one attached hydrogen (secondary N) is 2. The molecule has 0 aliphatic carbocycles. The van der Waals surface area contributed by atoms with Crippen LogP contribution in [0.5, 0.6) is 0 Å². The number of aromatic nitrogens is 3. The molecule has 3 aromatic rings. The van der Waals surface area contributed by atoms with E-state index in [2.05, 4.69) is 26.0 Å². The van der Waals surface area contributed by atoms with Gasteiger partial charge in [0.05, 0.1) is 11.5 Å². The number of thioether (sulfide) groups is 1. The number of hydrazone groups is 1. The van der Waals surface area contributed by atoms with E-state index >= 15 is 0 Å². The largest absolute Gasteiger partial charge is 0.334 e. The molecular weight excluding hydrogens is 405 g/mol. The quantitative estimate of drug-likeness (QED) is 0.221. The standard InChI is InChI=1S/C20H20FN7OS/c1-14(7-8-15-5-3-2-4-6-15)24-25-19-26-27-20(28(19)22)30-13-18(29)23-17-11-9-16(21)10-12-17/h2-12H,13,22H2,1H3,(H,23,29)(H,25,26)/b8-7+,24-14+. The molecule has 10 heteroatoms. The molecule has 8 nitrogen and oxygen atoms in total. The van der Waals surface area contributed by atoms with Gasteiger partial charge in [0.25, 0.3) is 5.95 Å². The Balaban J connectivity index is 1.52. The normalized spacial score (nSPS) is 11.6. The molecule has 1 heterocycles. The summed E-state index contributed by atoms with van der Waals surface area (Å²) in [5.74, 6) is 5.62. The van der Waals surface area contributed by atoms with Crippen LogP contribution in [0.15, 0.2) is 70.9 Å². The van der Waals surface area contributed by atoms with Crippen molar-refractivity contribution in [2.45, 2.75) is 12.1 Å². The number of carbonyl (C=O) groups excluding carboxylic acids is 1. The minimum absolute atomic E-state index is 0.0643. The predicted molar refractivity (Wildman–Crippen MR) is 118 cm³/mol. The maximum atomic E-state index is 12.9. The van der Waals surface area contributed by atoms with Crippen molar-refractivity contribution in [3.63, 3.8) is 0 Å². The zero-order valence-electron chi connectivity index (χ0n) is 16.1. The van der Waals surface area contributed by atoms with Crippen LogP contribution >= 0.6 is 11.8 Å². The van der Waals surface area contributed by atoms with E-state index < -0.39 is 0 Å². The highest BCUT2D eigenvalue weighted by molar-refractivity contribution is 7.99. The zero-order chi connectivity index (χ0) is 21.3. The molecule has 0 aliphatic rings. The molecule has 0 spiro atoms. The number of hydrogen-bond acceptors (Lipinski definition) is 7. The number of anilines is 2. The van der Waals surface area contributed by atoms with Gasteiger partial charge in [0.1, 0.15) is 5.82 Å². The lowest BCUT2D eigenvalue weighted by molar-refractivity contribution is -0.113. The van der Waals surface area contributed by atoms with Gasteiger partial charge in [-0.3, -0.25) is 4.79 Å². The number of amides is 1. The van der Waals surface area contributed by atoms with E-state index in [1.54, 1.807) is 0 Å². The van der Waals surface area contributed by atoms with Crippen LogP contribution in [0, 0.1) is 5.82 Å². The summed E-state index contributed by atoms with van der Waals surface area (Å²) >= 11 is 1.12. The molecule has 2 aromatic carbocycles. The topological polar surface area (TPSA) is 110 Å². The van der Waals surface area contributed by atoms with Crippen molar-refractivity contribution < 1.29 is 9.18 Å². The number of nitrogen functional groups attached to an aromatic ring is 1. The second-order valence-corrected chi connectivity index (χ2v) is 7.07. The van der Waals surface area contributed by atoms with E-state index in [0.29, 0.717) is 10.8 Å². The number of nitrogens with two attached hydrogens (primary N) is 1. The first-order valence-electron chi connectivity index (χ1n) is 8.93. The lowest BCUT2D eigenvalue weighted by atomic mass is 10.2. The van der Waals surface area contributed by atoms with E-state index in [0.717, 1.165) is 23.0 Å². The van der Waals surface area contributed by atoms with Crippen molar-refractivity contribution in [1.82, 2.24) is 14.9 Å². The molecule has 0 radical (unpaired) electrons. The van der Waals surface area contributed by atoms with Gasteiger partial charge in [0.15, 0.2) is 0 Å². The molecule has 30 heavy (non-hydrogen) atoms. The number of carbonyl (C=O) groups is 1. The number of halogens is 1. The molecular formula is C20H20FN7OS. The highest BCUT2D eigenvalue weighted by atomic mass is 32.2. The van der Waals surface area contributed by atoms with E-state index in [1.807, 2.05) is 49.4 Å². The van der Waals surface area contributed by atoms with Crippen LogP contribution in [-0.2, 0) is 4.79 Å². The van der Waals surface area contributed by atoms with Crippen LogP contribution in [0.25, 0.3) is 6.08 Å². The first-order valence-corrected chi connectivity index (χ1v) is 9.92. The first kappa shape index (κ1) is 21.1. The molecule has 3 rings (SSSR count). The fraction of sp³-hybridized carbons (Fsp3) is 0.100. The van der Waals surface area contributed by atoms with Gasteiger partial charge in [0.2, 0.25) is 11.1 Å². The number of benzene rings is 2. The van der Waals surface area contributed by atoms with Crippen LogP contribution in [0.3, 0.4) is 0 Å². The fourth-order valence-corrected chi connectivity index (χ4v) is 2.93. The summed E-state index contributed by atoms with van der Waals surface area (Å²) in [5, 5.41) is 15.1. The minimum Gasteiger partial charge on any atom is -0.334 e. The van der Waals surface area contributed by atoms with Crippen LogP contribution in [-0.4, -0.2) is 32.2 Å². The molecule has 4 N–H and O–H groups in total. The first-order chi connectivity index (χ1) is 14.5. The molecule has 154 valence electrons. The summed E-state index contributed by atoms with van der Waals surface area (Å²) < 4.78 is 14.1. The summed E-state index contributed by atoms with van der Waals surface area (Å²) in [6.07, 6.45) is 3.80. The van der Waals surface area contributed by atoms with Gasteiger partial charge in [0, 0.05) is 5.69 Å². The maximum absolute atomic E-state index is 12.9. The van der Waals surface area contributed by atoms with Gasteiger partial charge >= 0.3 is 0 Å². The lowest BCUT2D eigenvalue weighted by Gasteiger charge is -2.05. The second-order valence-electron chi connectivity index (χ2n) is 6.13. The SMILES string of the molecule is CC(/C=C/c1ccccc1)=N\Nc1nnc(SCC(=O)Nc2ccc(F)cc2)n1N. The molecule has 1 aromatic heterocycles. The second kappa shape index (κ2) is 10.2. The molecule has 0 bridgehead atoms. The number of nitrogens with zero attached hydrogens (tertiary/aromatic N) is 4. The Bertz CT molecular complexity index is 1050. The highest BCUT2D eigenvalue weighted by Gasteiger charge is 2.12. The molecule has 1 amide bonds. The summed E-state index contributed by atoms with van der Waals surface area (Å²) in [5.41, 5.74) is 5.04. The molecule has 0 unspecified atom stereocenters. The maximum Gasteiger partial charge on any atom is 0.264 e. The predicted octanol–water partition coefficient (Wildman–Crippen LogP) is 3.36. The third-order valence-electron chi connectivity index (χ3n) is 3.77. The van der Waals surface area contributed by atoms with E-state index in [9.17, 15) is 9.18 Å². The van der Waals surface area contributed by atoms with Crippen molar-refractivity contribution in [3.8, 4) is 0 Å². The number of rotatable bonds is 8. The Morgan fingerprint density at radius 3 is 2.67 bits per heavy atom. The van der Waals surface area contributed by atoms with Crippen molar-refractivity contribution in [3.05, 3.63) is 72.1 Å². The van der Waals surface area contributed by atoms with Gasteiger partial charge in [-0.05, 0) is 42.8 Å². The lowest BCUT2D eigenvalue weighted by Crippen LogP contribution is -2.17. The average molecular weight is 425 g/mol. The molecule has 0 aliphatic heterocycles. The average Bonchev–Trinajstić information content (AvgIpc) is 3.11. The van der Waals surface area contributed by atoms with Crippen LogP contribution < -0.4 is 16.6 Å². The molecule has 0 atom stereocenters. The van der Waals surface area contributed by atoms with Crippen LogP contribution in [0.4, 0.5) is 16.0 Å². The number of hydrogen-bond donors (Lipinski definition) is 3. The van der Waals surface area contributed by atoms with E-state index in [4.69, 9.17) is 5.84 Å². The summed E-state index contributed by atoms with van der Waals surface area (Å²) in [7, 11) is 0. The van der Waals surface area contributed by atoms with Gasteiger partial charge in [-0.15, -0.1) is 10.2 Å². The van der Waals surface area contributed by atoms with Crippen LogP contribution in [0.1, 0.15) is 12.5 Å². The third-order valence-corrected chi connectivity index (χ3v) is 4.72. The summed E-state index contributed by atoms with van der Waals surface area (Å²) in [4.78, 5) is 12.0. The van der Waals surface area contributed by atoms with Crippen molar-refractivity contribution >= 4 is 41.1 Å². The Morgan fingerprint density at radius 2 is 1.93 bits per heavy atom. The van der Waals surface area contributed by atoms with Crippen LogP contribution in [0.2, 0.25) is 0 Å². The van der Waals surface area contributed by atoms with Crippen molar-refractivity contribution in [2.24, 2.45) is 5.10 Å². The van der Waals surface area contributed by atoms with Gasteiger partial charge in [-0.2, -0.15) is 5.10 Å². The third kappa shape index (κ3) is 6.17. The molecule has 0 fully saturated rings. The number of allylic oxidation sites excluding steroid dienone is 1. The van der Waals surface area contributed by atoms with Crippen molar-refractivity contribution in [2.75, 3.05) is 22.3 Å². The Kier molecular flexibility index (Phi) is 7.17. The molecule has 0 saturated carbocycles. The van der Waals surface area contributed by atoms with Crippen molar-refractivity contribution in [1.29, 1.82) is 0 Å². The Morgan fingerprint density at radius 1 is 1.20 bits per heavy atom. The van der Waals surface area contributed by atoms with Gasteiger partial charge in [-0.25, -0.2) is 14.5 Å². The summed E-state index contributed by atoms with van der Waals surface area (Å²) in [6.45, 7) is 1.83. The summed E-state index contributed by atoms with van der Waals surface area (Å²) in [6, 6.07) is 15.4. The minimum atomic E-state index is -0.368. The Hall–Kier alpha value is -3.66. The Labute approximate surface area is 177 Å². The van der Waals surface area contributed by atoms with Gasteiger partial charge < -0.3 is 11.2 Å². The fourth-order valence-electron chi connectivity index (χ4n) is 2.27. The zero-order valence-corrected chi connectivity index (χ0v) is 16.9.